The van der Waals surface area contributed by atoms with Crippen LogP contribution in [0, 0.1) is 25.2 Å². The summed E-state index contributed by atoms with van der Waals surface area (Å²) in [5, 5.41) is 16.0. The Hall–Kier alpha value is -2.61. The molecule has 1 N–H and O–H groups in total. The first-order chi connectivity index (χ1) is 12.1. The molecule has 25 heavy (non-hydrogen) atoms. The minimum Gasteiger partial charge on any atom is -0.360 e. The van der Waals surface area contributed by atoms with Crippen molar-refractivity contribution in [1.82, 2.24) is 4.98 Å². The largest absolute Gasteiger partial charge is 0.360 e. The number of benzene rings is 2. The van der Waals surface area contributed by atoms with Gasteiger partial charge in [0.15, 0.2) is 0 Å². The van der Waals surface area contributed by atoms with Gasteiger partial charge in [-0.1, -0.05) is 47.5 Å². The number of aryl methyl sites for hydroxylation is 1. The molecule has 5 heteroatoms. The number of aromatic nitrogens is 1. The molecule has 0 aliphatic rings. The molecule has 2 aromatic carbocycles. The third-order valence-electron chi connectivity index (χ3n) is 3.84. The second-order valence-electron chi connectivity index (χ2n) is 5.63. The van der Waals surface area contributed by atoms with Gasteiger partial charge in [-0.3, -0.25) is 0 Å². The predicted molar refractivity (Wildman–Crippen MR) is 106 cm³/mol. The second kappa shape index (κ2) is 7.52. The molecule has 0 aliphatic carbocycles. The SMILES string of the molecule is Cc1ccc(-c2csc(C(C#N)=CNc3cccc(Cl)c3C)n2)cc1. The van der Waals surface area contributed by atoms with Gasteiger partial charge in [0.25, 0.3) is 0 Å². The molecule has 0 fully saturated rings. The topological polar surface area (TPSA) is 48.7 Å². The van der Waals surface area contributed by atoms with E-state index in [1.54, 1.807) is 6.20 Å². The van der Waals surface area contributed by atoms with Gasteiger partial charge in [-0.25, -0.2) is 4.98 Å². The van der Waals surface area contributed by atoms with Crippen LogP contribution in [0.3, 0.4) is 0 Å². The van der Waals surface area contributed by atoms with Crippen LogP contribution in [0.25, 0.3) is 16.8 Å². The molecule has 3 rings (SSSR count). The highest BCUT2D eigenvalue weighted by molar-refractivity contribution is 7.11. The van der Waals surface area contributed by atoms with Crippen molar-refractivity contribution < 1.29 is 0 Å². The lowest BCUT2D eigenvalue weighted by atomic mass is 10.1. The molecule has 0 saturated heterocycles. The maximum Gasteiger partial charge on any atom is 0.136 e. The molecule has 0 amide bonds. The molecule has 124 valence electrons. The van der Waals surface area contributed by atoms with Crippen molar-refractivity contribution in [3.8, 4) is 17.3 Å². The first-order valence-electron chi connectivity index (χ1n) is 7.73. The lowest BCUT2D eigenvalue weighted by Crippen LogP contribution is -1.94. The third kappa shape index (κ3) is 3.90. The molecular weight excluding hydrogens is 350 g/mol. The fraction of sp³-hybridized carbons (Fsp3) is 0.100. The van der Waals surface area contributed by atoms with Gasteiger partial charge in [0, 0.05) is 27.9 Å². The molecule has 0 aliphatic heterocycles. The number of allylic oxidation sites excluding steroid dienone is 1. The van der Waals surface area contributed by atoms with Crippen LogP contribution >= 0.6 is 22.9 Å². The van der Waals surface area contributed by atoms with E-state index in [1.807, 2.05) is 42.6 Å². The first-order valence-corrected chi connectivity index (χ1v) is 8.99. The highest BCUT2D eigenvalue weighted by Gasteiger charge is 2.09. The highest BCUT2D eigenvalue weighted by Crippen LogP contribution is 2.27. The fourth-order valence-corrected chi connectivity index (χ4v) is 3.28. The number of hydrogen-bond acceptors (Lipinski definition) is 4. The van der Waals surface area contributed by atoms with Crippen molar-refractivity contribution in [3.63, 3.8) is 0 Å². The average Bonchev–Trinajstić information content (AvgIpc) is 3.09. The second-order valence-corrected chi connectivity index (χ2v) is 6.90. The molecule has 1 aromatic heterocycles. The summed E-state index contributed by atoms with van der Waals surface area (Å²) in [7, 11) is 0. The Labute approximate surface area is 156 Å². The molecule has 0 radical (unpaired) electrons. The van der Waals surface area contributed by atoms with Crippen LogP contribution in [0.4, 0.5) is 5.69 Å². The Bertz CT molecular complexity index is 965. The van der Waals surface area contributed by atoms with Gasteiger partial charge < -0.3 is 5.32 Å². The summed E-state index contributed by atoms with van der Waals surface area (Å²) < 4.78 is 0. The highest BCUT2D eigenvalue weighted by atomic mass is 35.5. The van der Waals surface area contributed by atoms with E-state index in [4.69, 9.17) is 11.6 Å². The Balaban J connectivity index is 1.85. The quantitative estimate of drug-likeness (QED) is 0.572. The van der Waals surface area contributed by atoms with Crippen LogP contribution < -0.4 is 5.32 Å². The van der Waals surface area contributed by atoms with Crippen LogP contribution in [0.2, 0.25) is 5.02 Å². The monoisotopic (exact) mass is 365 g/mol. The number of nitrogens with zero attached hydrogens (tertiary/aromatic N) is 2. The minimum atomic E-state index is 0.489. The number of nitrogens with one attached hydrogen (secondary N) is 1. The summed E-state index contributed by atoms with van der Waals surface area (Å²) in [6.07, 6.45) is 1.68. The zero-order valence-electron chi connectivity index (χ0n) is 13.9. The van der Waals surface area contributed by atoms with E-state index in [2.05, 4.69) is 35.4 Å². The van der Waals surface area contributed by atoms with Crippen molar-refractivity contribution in [3.05, 3.63) is 75.2 Å². The summed E-state index contributed by atoms with van der Waals surface area (Å²) in [4.78, 5) is 4.60. The van der Waals surface area contributed by atoms with Gasteiger partial charge in [0.05, 0.1) is 5.69 Å². The number of nitriles is 1. The van der Waals surface area contributed by atoms with E-state index in [0.717, 1.165) is 22.5 Å². The lowest BCUT2D eigenvalue weighted by molar-refractivity contribution is 1.35. The van der Waals surface area contributed by atoms with E-state index in [-0.39, 0.29) is 0 Å². The molecule has 0 saturated carbocycles. The Morgan fingerprint density at radius 3 is 2.68 bits per heavy atom. The van der Waals surface area contributed by atoms with E-state index < -0.39 is 0 Å². The zero-order valence-corrected chi connectivity index (χ0v) is 15.4. The number of anilines is 1. The third-order valence-corrected chi connectivity index (χ3v) is 5.13. The predicted octanol–water partition coefficient (Wildman–Crippen LogP) is 6.06. The van der Waals surface area contributed by atoms with Crippen LogP contribution in [-0.2, 0) is 0 Å². The number of rotatable bonds is 4. The smallest absolute Gasteiger partial charge is 0.136 e. The summed E-state index contributed by atoms with van der Waals surface area (Å²) in [6, 6.07) is 16.0. The van der Waals surface area contributed by atoms with Crippen molar-refractivity contribution in [2.24, 2.45) is 0 Å². The molecule has 0 atom stereocenters. The Kier molecular flexibility index (Phi) is 5.18. The van der Waals surface area contributed by atoms with Crippen molar-refractivity contribution >= 4 is 34.2 Å². The van der Waals surface area contributed by atoms with Crippen LogP contribution in [0.1, 0.15) is 16.1 Å². The minimum absolute atomic E-state index is 0.489. The molecule has 0 bridgehead atoms. The van der Waals surface area contributed by atoms with Crippen molar-refractivity contribution in [2.75, 3.05) is 5.32 Å². The van der Waals surface area contributed by atoms with Crippen LogP contribution in [0.15, 0.2) is 54.0 Å². The van der Waals surface area contributed by atoms with Gasteiger partial charge in [0.1, 0.15) is 16.6 Å². The summed E-state index contributed by atoms with van der Waals surface area (Å²) in [5.41, 5.74) is 5.43. The maximum atomic E-state index is 9.48. The summed E-state index contributed by atoms with van der Waals surface area (Å²) in [6.45, 7) is 3.99. The molecule has 0 unspecified atom stereocenters. The van der Waals surface area contributed by atoms with Gasteiger partial charge in [-0.15, -0.1) is 11.3 Å². The molecule has 0 spiro atoms. The van der Waals surface area contributed by atoms with E-state index >= 15 is 0 Å². The van der Waals surface area contributed by atoms with Crippen molar-refractivity contribution in [1.29, 1.82) is 5.26 Å². The van der Waals surface area contributed by atoms with Crippen LogP contribution in [-0.4, -0.2) is 4.98 Å². The summed E-state index contributed by atoms with van der Waals surface area (Å²) in [5.74, 6) is 0. The maximum absolute atomic E-state index is 9.48. The number of thiazole rings is 1. The Morgan fingerprint density at radius 2 is 1.96 bits per heavy atom. The Morgan fingerprint density at radius 1 is 1.20 bits per heavy atom. The standard InChI is InChI=1S/C20H16ClN3S/c1-13-6-8-15(9-7-13)19-12-25-20(24-19)16(10-22)11-23-18-5-3-4-17(21)14(18)2/h3-9,11-12,23H,1-2H3. The molecule has 3 aromatic rings. The van der Waals surface area contributed by atoms with Gasteiger partial charge in [-0.05, 0) is 31.5 Å². The van der Waals surface area contributed by atoms with Crippen LogP contribution in [0.5, 0.6) is 0 Å². The van der Waals surface area contributed by atoms with Crippen molar-refractivity contribution in [2.45, 2.75) is 13.8 Å². The zero-order chi connectivity index (χ0) is 17.8. The molecule has 1 heterocycles. The van der Waals surface area contributed by atoms with E-state index in [0.29, 0.717) is 15.6 Å². The normalized spacial score (nSPS) is 11.2. The molecular formula is C20H16ClN3S. The average molecular weight is 366 g/mol. The lowest BCUT2D eigenvalue weighted by Gasteiger charge is -2.07. The van der Waals surface area contributed by atoms with E-state index in [1.165, 1.54) is 16.9 Å². The number of halogens is 1. The summed E-state index contributed by atoms with van der Waals surface area (Å²) >= 11 is 7.58. The number of hydrogen-bond donors (Lipinski definition) is 1. The first kappa shape index (κ1) is 17.2. The van der Waals surface area contributed by atoms with Gasteiger partial charge in [-0.2, -0.15) is 5.26 Å². The van der Waals surface area contributed by atoms with Gasteiger partial charge >= 0.3 is 0 Å². The fourth-order valence-electron chi connectivity index (χ4n) is 2.31. The molecule has 3 nitrogen and oxygen atoms in total. The van der Waals surface area contributed by atoms with Gasteiger partial charge in [0.2, 0.25) is 0 Å². The van der Waals surface area contributed by atoms with E-state index in [9.17, 15) is 5.26 Å².